The van der Waals surface area contributed by atoms with E-state index in [2.05, 4.69) is 74.1 Å². The minimum atomic E-state index is -0.568. The molecule has 0 saturated carbocycles. The Morgan fingerprint density at radius 3 is 1.69 bits per heavy atom. The summed E-state index contributed by atoms with van der Waals surface area (Å²) in [4.78, 5) is 0. The lowest BCUT2D eigenvalue weighted by Crippen LogP contribution is -2.43. The zero-order chi connectivity index (χ0) is 19.6. The summed E-state index contributed by atoms with van der Waals surface area (Å²) < 4.78 is 25.5. The zero-order valence-corrected chi connectivity index (χ0v) is 17.5. The molecule has 0 radical (unpaired) electrons. The van der Waals surface area contributed by atoms with E-state index in [4.69, 9.17) is 18.6 Å². The van der Waals surface area contributed by atoms with Crippen LogP contribution in [0.25, 0.3) is 0 Å². The molecule has 0 unspecified atom stereocenters. The molecule has 2 heterocycles. The van der Waals surface area contributed by atoms with Crippen LogP contribution >= 0.6 is 0 Å². The monoisotopic (exact) mass is 358 g/mol. The molecule has 1 aliphatic carbocycles. The average Bonchev–Trinajstić information content (AvgIpc) is 2.87. The summed E-state index contributed by atoms with van der Waals surface area (Å²) in [5, 5.41) is -0.568. The van der Waals surface area contributed by atoms with E-state index in [9.17, 15) is 0 Å². The van der Waals surface area contributed by atoms with Crippen LogP contribution in [0.15, 0.2) is 37.0 Å². The lowest BCUT2D eigenvalue weighted by molar-refractivity contribution is 0.00578. The fourth-order valence-electron chi connectivity index (χ4n) is 3.63. The third kappa shape index (κ3) is 2.77. The van der Waals surface area contributed by atoms with Gasteiger partial charge in [-0.1, -0.05) is 30.4 Å². The van der Waals surface area contributed by atoms with Crippen molar-refractivity contribution in [2.75, 3.05) is 0 Å². The number of allylic oxidation sites excluding steroid dienone is 5. The summed E-state index contributed by atoms with van der Waals surface area (Å²) in [5.74, 6) is -0.0965. The van der Waals surface area contributed by atoms with Gasteiger partial charge in [0, 0.05) is 11.1 Å². The van der Waals surface area contributed by atoms with Crippen LogP contribution in [0.1, 0.15) is 55.4 Å². The predicted molar refractivity (Wildman–Crippen MR) is 107 cm³/mol. The second kappa shape index (κ2) is 5.84. The van der Waals surface area contributed by atoms with Crippen molar-refractivity contribution < 1.29 is 18.6 Å². The van der Waals surface area contributed by atoms with Gasteiger partial charge in [-0.2, -0.15) is 0 Å². The van der Waals surface area contributed by atoms with E-state index in [0.717, 1.165) is 0 Å². The van der Waals surface area contributed by atoms with Crippen molar-refractivity contribution in [2.24, 2.45) is 0 Å². The van der Waals surface area contributed by atoms with Crippen LogP contribution in [-0.4, -0.2) is 36.6 Å². The second-order valence-electron chi connectivity index (χ2n) is 9.69. The molecule has 0 N–H and O–H groups in total. The Labute approximate surface area is 159 Å². The summed E-state index contributed by atoms with van der Waals surface area (Å²) in [6, 6.07) is 0. The molecule has 4 nitrogen and oxygen atoms in total. The van der Waals surface area contributed by atoms with E-state index in [0.29, 0.717) is 0 Å². The highest BCUT2D eigenvalue weighted by atomic mass is 16.7. The van der Waals surface area contributed by atoms with E-state index < -0.39 is 42.0 Å². The summed E-state index contributed by atoms with van der Waals surface area (Å²) in [5.41, 5.74) is -1.61. The molecule has 3 aliphatic rings. The van der Waals surface area contributed by atoms with Gasteiger partial charge in [0.25, 0.3) is 0 Å². The Balaban J connectivity index is 1.97. The molecule has 142 valence electrons. The number of hydrogen-bond acceptors (Lipinski definition) is 4. The first-order valence-electron chi connectivity index (χ1n) is 9.49. The Kier molecular flexibility index (Phi) is 4.48. The van der Waals surface area contributed by atoms with Crippen LogP contribution in [0.2, 0.25) is 11.1 Å². The van der Waals surface area contributed by atoms with Gasteiger partial charge in [-0.25, -0.2) is 0 Å². The van der Waals surface area contributed by atoms with Gasteiger partial charge in [-0.15, -0.1) is 6.58 Å². The molecule has 2 aliphatic heterocycles. The van der Waals surface area contributed by atoms with Gasteiger partial charge in [0.2, 0.25) is 0 Å². The maximum absolute atomic E-state index is 6.40. The largest absolute Gasteiger partial charge is 0.472 e. The summed E-state index contributed by atoms with van der Waals surface area (Å²) in [6.07, 6.45) is 10.2. The average molecular weight is 358 g/mol. The summed E-state index contributed by atoms with van der Waals surface area (Å²) in [7, 11) is -0.867. The maximum atomic E-state index is 6.40. The van der Waals surface area contributed by atoms with Gasteiger partial charge in [0.05, 0.1) is 22.4 Å². The highest BCUT2D eigenvalue weighted by Gasteiger charge is 2.65. The minimum Gasteiger partial charge on any atom is -0.403 e. The van der Waals surface area contributed by atoms with Crippen LogP contribution in [0.3, 0.4) is 0 Å². The normalized spacial score (nSPS) is 36.5. The molecular weight excluding hydrogens is 326 g/mol. The van der Waals surface area contributed by atoms with Crippen molar-refractivity contribution in [1.82, 2.24) is 0 Å². The maximum Gasteiger partial charge on any atom is 0.472 e. The Morgan fingerprint density at radius 2 is 1.23 bits per heavy atom. The summed E-state index contributed by atoms with van der Waals surface area (Å²) in [6.45, 7) is 20.7. The molecule has 2 saturated heterocycles. The van der Waals surface area contributed by atoms with Crippen molar-refractivity contribution in [1.29, 1.82) is 0 Å². The molecule has 6 heteroatoms. The first-order chi connectivity index (χ1) is 11.8. The second-order valence-corrected chi connectivity index (χ2v) is 9.69. The molecule has 0 aromatic rings. The van der Waals surface area contributed by atoms with E-state index in [1.807, 2.05) is 18.2 Å². The SMILES string of the molecule is C=C[C@]1(B2OC(C)(C)C(C)(C)O2)C=CC=C[C@@H]1B1OC(C)(C)C(C)(C)O1. The van der Waals surface area contributed by atoms with Gasteiger partial charge in [0.1, 0.15) is 0 Å². The molecule has 2 fully saturated rings. The highest BCUT2D eigenvalue weighted by Crippen LogP contribution is 2.57. The fourth-order valence-corrected chi connectivity index (χ4v) is 3.63. The number of hydrogen-bond donors (Lipinski definition) is 0. The van der Waals surface area contributed by atoms with Crippen LogP contribution in [-0.2, 0) is 18.6 Å². The van der Waals surface area contributed by atoms with Crippen molar-refractivity contribution in [3.8, 4) is 0 Å². The van der Waals surface area contributed by atoms with Crippen molar-refractivity contribution in [3.63, 3.8) is 0 Å². The molecule has 0 bridgehead atoms. The predicted octanol–water partition coefficient (Wildman–Crippen LogP) is 4.59. The molecule has 3 rings (SSSR count). The zero-order valence-electron chi connectivity index (χ0n) is 17.5. The van der Waals surface area contributed by atoms with Gasteiger partial charge in [-0.05, 0) is 55.4 Å². The van der Waals surface area contributed by atoms with Crippen LogP contribution in [0, 0.1) is 0 Å². The molecule has 0 spiro atoms. The van der Waals surface area contributed by atoms with Crippen molar-refractivity contribution in [2.45, 2.75) is 88.9 Å². The third-order valence-electron chi connectivity index (χ3n) is 6.97. The standard InChI is InChI=1S/C20H32B2O4/c1-10-20(22-25-18(6,7)19(8,9)26-22)14-12-11-13-15(20)21-23-16(2,3)17(4,5)24-21/h10-15H,1H2,2-9H3/t15-,20-/m0/s1. The topological polar surface area (TPSA) is 36.9 Å². The highest BCUT2D eigenvalue weighted by molar-refractivity contribution is 6.58. The molecule has 2 atom stereocenters. The molecule has 0 aromatic carbocycles. The first kappa shape index (κ1) is 19.9. The van der Waals surface area contributed by atoms with Crippen LogP contribution < -0.4 is 0 Å². The van der Waals surface area contributed by atoms with E-state index in [1.165, 1.54) is 0 Å². The minimum absolute atomic E-state index is 0.0965. The van der Waals surface area contributed by atoms with Gasteiger partial charge in [-0.3, -0.25) is 0 Å². The molecule has 0 aromatic heterocycles. The van der Waals surface area contributed by atoms with Gasteiger partial charge >= 0.3 is 14.2 Å². The quantitative estimate of drug-likeness (QED) is 0.546. The van der Waals surface area contributed by atoms with E-state index in [1.54, 1.807) is 0 Å². The van der Waals surface area contributed by atoms with Crippen molar-refractivity contribution >= 4 is 14.2 Å². The Hall–Kier alpha value is -0.810. The van der Waals surface area contributed by atoms with Crippen molar-refractivity contribution in [3.05, 3.63) is 37.0 Å². The smallest absolute Gasteiger partial charge is 0.403 e. The lowest BCUT2D eigenvalue weighted by atomic mass is 9.42. The van der Waals surface area contributed by atoms with Crippen LogP contribution in [0.5, 0.6) is 0 Å². The molecular formula is C20H32B2O4. The molecule has 26 heavy (non-hydrogen) atoms. The molecule has 0 amide bonds. The summed E-state index contributed by atoms with van der Waals surface area (Å²) >= 11 is 0. The number of rotatable bonds is 3. The Bertz CT molecular complexity index is 618. The van der Waals surface area contributed by atoms with Crippen LogP contribution in [0.4, 0.5) is 0 Å². The fraction of sp³-hybridized carbons (Fsp3) is 0.700. The first-order valence-corrected chi connectivity index (χ1v) is 9.49. The van der Waals surface area contributed by atoms with Gasteiger partial charge in [0.15, 0.2) is 0 Å². The third-order valence-corrected chi connectivity index (χ3v) is 6.97. The van der Waals surface area contributed by atoms with E-state index in [-0.39, 0.29) is 5.82 Å². The van der Waals surface area contributed by atoms with Gasteiger partial charge < -0.3 is 18.6 Å². The Morgan fingerprint density at radius 1 is 0.769 bits per heavy atom. The lowest BCUT2D eigenvalue weighted by Gasteiger charge is -2.38. The van der Waals surface area contributed by atoms with E-state index >= 15 is 0 Å².